The maximum absolute atomic E-state index is 11.6. The Balaban J connectivity index is 1.63. The van der Waals surface area contributed by atoms with Crippen LogP contribution < -0.4 is 0 Å². The first-order chi connectivity index (χ1) is 10.9. The number of hydrogen-bond donors (Lipinski definition) is 1. The van der Waals surface area contributed by atoms with E-state index in [1.54, 1.807) is 0 Å². The molecule has 0 saturated heterocycles. The molecule has 1 heterocycles. The van der Waals surface area contributed by atoms with Gasteiger partial charge in [-0.1, -0.05) is 37.6 Å². The van der Waals surface area contributed by atoms with E-state index < -0.39 is 5.60 Å². The van der Waals surface area contributed by atoms with Crippen molar-refractivity contribution in [1.29, 1.82) is 0 Å². The molecule has 122 valence electrons. The van der Waals surface area contributed by atoms with Gasteiger partial charge in [0.1, 0.15) is 5.60 Å². The van der Waals surface area contributed by atoms with Gasteiger partial charge in [0.15, 0.2) is 0 Å². The molecule has 3 unspecified atom stereocenters. The van der Waals surface area contributed by atoms with Gasteiger partial charge in [-0.25, -0.2) is 0 Å². The van der Waals surface area contributed by atoms with E-state index in [0.29, 0.717) is 17.5 Å². The Bertz CT molecular complexity index is 679. The molecule has 3 atom stereocenters. The minimum atomic E-state index is -0.914. The molecule has 2 saturated carbocycles. The van der Waals surface area contributed by atoms with Gasteiger partial charge < -0.3 is 5.11 Å². The fourth-order valence-corrected chi connectivity index (χ4v) is 3.77. The first-order valence-corrected chi connectivity index (χ1v) is 8.80. The monoisotopic (exact) mass is 330 g/mol. The van der Waals surface area contributed by atoms with Gasteiger partial charge in [-0.2, -0.15) is 5.10 Å². The quantitative estimate of drug-likeness (QED) is 0.879. The van der Waals surface area contributed by atoms with Crippen LogP contribution in [0.15, 0.2) is 41.1 Å². The molecule has 0 amide bonds. The van der Waals surface area contributed by atoms with E-state index >= 15 is 0 Å². The smallest absolute Gasteiger partial charge is 0.112 e. The van der Waals surface area contributed by atoms with E-state index in [0.717, 1.165) is 12.0 Å². The summed E-state index contributed by atoms with van der Waals surface area (Å²) in [6.07, 6.45) is 7.64. The number of benzene rings is 1. The summed E-state index contributed by atoms with van der Waals surface area (Å²) in [5.74, 6) is 0.799. The number of fused-ring (bicyclic) bond motifs is 1. The standard InChI is InChI=1S/C19H23ClN2O/c1-13(14-3-4-14)19(23,15-5-7-17(20)8-6-15)12-22-10-16-9-18(16,2)11-21-22/h5-8,10-11,13-14,23H,3-4,9,12H2,1-2H3. The zero-order valence-corrected chi connectivity index (χ0v) is 14.4. The van der Waals surface area contributed by atoms with Crippen molar-refractivity contribution < 1.29 is 5.11 Å². The zero-order valence-electron chi connectivity index (χ0n) is 13.7. The van der Waals surface area contributed by atoms with Gasteiger partial charge in [0, 0.05) is 22.9 Å². The Kier molecular flexibility index (Phi) is 3.37. The van der Waals surface area contributed by atoms with E-state index in [4.69, 9.17) is 11.6 Å². The van der Waals surface area contributed by atoms with Crippen LogP contribution in [0.1, 0.15) is 38.7 Å². The molecule has 0 radical (unpaired) electrons. The SMILES string of the molecule is CC(C1CC1)C(O)(CN1C=C2CC2(C)C=N1)c1ccc(Cl)cc1. The van der Waals surface area contributed by atoms with Crippen molar-refractivity contribution >= 4 is 17.8 Å². The minimum Gasteiger partial charge on any atom is -0.383 e. The number of hydrogen-bond acceptors (Lipinski definition) is 3. The van der Waals surface area contributed by atoms with Crippen LogP contribution in [0.4, 0.5) is 0 Å². The molecule has 0 aromatic heterocycles. The van der Waals surface area contributed by atoms with E-state index in [2.05, 4.69) is 25.1 Å². The molecule has 1 aliphatic heterocycles. The molecule has 3 aliphatic rings. The third-order valence-corrected chi connectivity index (χ3v) is 6.04. The van der Waals surface area contributed by atoms with E-state index in [1.165, 1.54) is 18.4 Å². The highest BCUT2D eigenvalue weighted by Gasteiger charge is 2.48. The molecule has 2 fully saturated rings. The number of β-amino-alcohol motifs (C(OH)–C–C–N with tert-alkyl or cyclic N) is 1. The van der Waals surface area contributed by atoms with Crippen molar-refractivity contribution in [3.63, 3.8) is 0 Å². The summed E-state index contributed by atoms with van der Waals surface area (Å²) in [6, 6.07) is 7.61. The molecule has 2 aliphatic carbocycles. The number of rotatable bonds is 5. The Morgan fingerprint density at radius 2 is 2.09 bits per heavy atom. The second-order valence-corrected chi connectivity index (χ2v) is 8.08. The van der Waals surface area contributed by atoms with Crippen molar-refractivity contribution in [2.75, 3.05) is 6.54 Å². The summed E-state index contributed by atoms with van der Waals surface area (Å²) >= 11 is 6.02. The lowest BCUT2D eigenvalue weighted by atomic mass is 9.79. The van der Waals surface area contributed by atoms with E-state index in [1.807, 2.05) is 35.5 Å². The zero-order chi connectivity index (χ0) is 16.2. The average molecular weight is 331 g/mol. The van der Waals surface area contributed by atoms with E-state index in [9.17, 15) is 5.11 Å². The summed E-state index contributed by atoms with van der Waals surface area (Å²) < 4.78 is 0. The number of nitrogens with zero attached hydrogens (tertiary/aromatic N) is 2. The van der Waals surface area contributed by atoms with Crippen LogP contribution in [-0.4, -0.2) is 22.9 Å². The lowest BCUT2D eigenvalue weighted by molar-refractivity contribution is -0.0452. The van der Waals surface area contributed by atoms with Crippen LogP contribution in [-0.2, 0) is 5.60 Å². The Morgan fingerprint density at radius 3 is 2.70 bits per heavy atom. The Labute approximate surface area is 142 Å². The van der Waals surface area contributed by atoms with E-state index in [-0.39, 0.29) is 11.3 Å². The molecule has 0 bridgehead atoms. The van der Waals surface area contributed by atoms with Crippen molar-refractivity contribution in [2.24, 2.45) is 22.4 Å². The van der Waals surface area contributed by atoms with Crippen LogP contribution in [0.5, 0.6) is 0 Å². The molecular weight excluding hydrogens is 308 g/mol. The number of halogens is 1. The normalized spacial score (nSPS) is 29.6. The first kappa shape index (κ1) is 15.2. The van der Waals surface area contributed by atoms with Crippen LogP contribution in [0.25, 0.3) is 0 Å². The molecule has 1 N–H and O–H groups in total. The molecule has 0 spiro atoms. The van der Waals surface area contributed by atoms with Gasteiger partial charge in [-0.3, -0.25) is 5.01 Å². The highest BCUT2D eigenvalue weighted by molar-refractivity contribution is 6.30. The molecule has 1 aromatic carbocycles. The predicted molar refractivity (Wildman–Crippen MR) is 93.2 cm³/mol. The Morgan fingerprint density at radius 1 is 1.39 bits per heavy atom. The fourth-order valence-electron chi connectivity index (χ4n) is 3.64. The van der Waals surface area contributed by atoms with Crippen LogP contribution in [0, 0.1) is 17.3 Å². The number of hydrazone groups is 1. The minimum absolute atomic E-state index is 0.178. The van der Waals surface area contributed by atoms with Gasteiger partial charge in [-0.05, 0) is 54.4 Å². The first-order valence-electron chi connectivity index (χ1n) is 8.42. The molecule has 4 heteroatoms. The summed E-state index contributed by atoms with van der Waals surface area (Å²) in [5.41, 5.74) is 1.60. The third kappa shape index (κ3) is 2.70. The summed E-state index contributed by atoms with van der Waals surface area (Å²) in [5, 5.41) is 18.8. The van der Waals surface area contributed by atoms with Crippen molar-refractivity contribution in [1.82, 2.24) is 5.01 Å². The number of aliphatic hydroxyl groups is 1. The molecule has 3 nitrogen and oxygen atoms in total. The topological polar surface area (TPSA) is 35.8 Å². The average Bonchev–Trinajstić information content (AvgIpc) is 3.41. The van der Waals surface area contributed by atoms with Crippen LogP contribution in [0.2, 0.25) is 5.02 Å². The predicted octanol–water partition coefficient (Wildman–Crippen LogP) is 4.17. The van der Waals surface area contributed by atoms with Crippen LogP contribution in [0.3, 0.4) is 0 Å². The van der Waals surface area contributed by atoms with Gasteiger partial charge in [0.2, 0.25) is 0 Å². The highest BCUT2D eigenvalue weighted by Crippen LogP contribution is 2.52. The van der Waals surface area contributed by atoms with Crippen molar-refractivity contribution in [2.45, 2.75) is 38.7 Å². The van der Waals surface area contributed by atoms with Crippen molar-refractivity contribution in [3.05, 3.63) is 46.6 Å². The molecule has 4 rings (SSSR count). The van der Waals surface area contributed by atoms with Gasteiger partial charge >= 0.3 is 0 Å². The van der Waals surface area contributed by atoms with Crippen molar-refractivity contribution in [3.8, 4) is 0 Å². The van der Waals surface area contributed by atoms with Crippen LogP contribution >= 0.6 is 11.6 Å². The highest BCUT2D eigenvalue weighted by atomic mass is 35.5. The Hall–Kier alpha value is -1.32. The third-order valence-electron chi connectivity index (χ3n) is 5.79. The van der Waals surface area contributed by atoms with Gasteiger partial charge in [-0.15, -0.1) is 0 Å². The fraction of sp³-hybridized carbons (Fsp3) is 0.526. The summed E-state index contributed by atoms with van der Waals surface area (Å²) in [6.45, 7) is 4.86. The maximum Gasteiger partial charge on any atom is 0.112 e. The lowest BCUT2D eigenvalue weighted by Gasteiger charge is -2.38. The molecular formula is C19H23ClN2O. The summed E-state index contributed by atoms with van der Waals surface area (Å²) in [7, 11) is 0. The van der Waals surface area contributed by atoms with Gasteiger partial charge in [0.25, 0.3) is 0 Å². The summed E-state index contributed by atoms with van der Waals surface area (Å²) in [4.78, 5) is 0. The number of allylic oxidation sites excluding steroid dienone is 1. The second kappa shape index (κ2) is 5.09. The maximum atomic E-state index is 11.6. The molecule has 1 aromatic rings. The lowest BCUT2D eigenvalue weighted by Crippen LogP contribution is -2.43. The molecule has 23 heavy (non-hydrogen) atoms. The second-order valence-electron chi connectivity index (χ2n) is 7.65. The largest absolute Gasteiger partial charge is 0.383 e. The van der Waals surface area contributed by atoms with Gasteiger partial charge in [0.05, 0.1) is 6.54 Å².